The van der Waals surface area contributed by atoms with E-state index in [-0.39, 0.29) is 6.04 Å². The lowest BCUT2D eigenvalue weighted by Gasteiger charge is -2.22. The SMILES string of the molecule is CC(C(=O)O)C(NCc1csc(Nc2ccccc2)n1)c1ccccc1. The number of thiazole rings is 1. The first-order chi connectivity index (χ1) is 12.6. The number of rotatable bonds is 8. The summed E-state index contributed by atoms with van der Waals surface area (Å²) in [4.78, 5) is 16.0. The van der Waals surface area contributed by atoms with Gasteiger partial charge in [0.15, 0.2) is 5.13 Å². The van der Waals surface area contributed by atoms with Crippen molar-refractivity contribution in [3.63, 3.8) is 0 Å². The Labute approximate surface area is 156 Å². The molecule has 3 N–H and O–H groups in total. The van der Waals surface area contributed by atoms with E-state index in [9.17, 15) is 9.90 Å². The van der Waals surface area contributed by atoms with E-state index in [4.69, 9.17) is 0 Å². The Morgan fingerprint density at radius 3 is 2.42 bits per heavy atom. The minimum atomic E-state index is -0.823. The molecule has 6 heteroatoms. The minimum Gasteiger partial charge on any atom is -0.481 e. The molecule has 0 bridgehead atoms. The van der Waals surface area contributed by atoms with Crippen LogP contribution in [-0.4, -0.2) is 16.1 Å². The highest BCUT2D eigenvalue weighted by Crippen LogP contribution is 2.24. The van der Waals surface area contributed by atoms with Crippen LogP contribution in [0.25, 0.3) is 0 Å². The lowest BCUT2D eigenvalue weighted by molar-refractivity contribution is -0.142. The van der Waals surface area contributed by atoms with Crippen molar-refractivity contribution in [1.29, 1.82) is 0 Å². The van der Waals surface area contributed by atoms with Crippen LogP contribution in [0.2, 0.25) is 0 Å². The highest BCUT2D eigenvalue weighted by atomic mass is 32.1. The molecule has 26 heavy (non-hydrogen) atoms. The molecule has 0 aliphatic rings. The highest BCUT2D eigenvalue weighted by Gasteiger charge is 2.24. The van der Waals surface area contributed by atoms with E-state index >= 15 is 0 Å². The fourth-order valence-corrected chi connectivity index (χ4v) is 3.42. The Hall–Kier alpha value is -2.70. The summed E-state index contributed by atoms with van der Waals surface area (Å²) >= 11 is 1.53. The standard InChI is InChI=1S/C20H21N3O2S/c1-14(19(24)25)18(15-8-4-2-5-9-15)21-12-17-13-26-20(23-17)22-16-10-6-3-7-11-16/h2-11,13-14,18,21H,12H2,1H3,(H,22,23)(H,24,25). The predicted molar refractivity (Wildman–Crippen MR) is 105 cm³/mol. The van der Waals surface area contributed by atoms with Gasteiger partial charge in [0, 0.05) is 23.7 Å². The number of anilines is 2. The van der Waals surface area contributed by atoms with Gasteiger partial charge in [-0.25, -0.2) is 4.98 Å². The zero-order chi connectivity index (χ0) is 18.4. The second-order valence-electron chi connectivity index (χ2n) is 6.03. The number of benzene rings is 2. The first kappa shape index (κ1) is 18.1. The molecule has 0 saturated carbocycles. The normalized spacial score (nSPS) is 13.1. The van der Waals surface area contributed by atoms with Gasteiger partial charge in [0.05, 0.1) is 11.6 Å². The molecule has 0 saturated heterocycles. The maximum absolute atomic E-state index is 11.5. The van der Waals surface area contributed by atoms with Crippen LogP contribution in [0.4, 0.5) is 10.8 Å². The van der Waals surface area contributed by atoms with Crippen LogP contribution in [0, 0.1) is 5.92 Å². The van der Waals surface area contributed by atoms with Crippen LogP contribution >= 0.6 is 11.3 Å². The average molecular weight is 367 g/mol. The van der Waals surface area contributed by atoms with E-state index in [2.05, 4.69) is 15.6 Å². The summed E-state index contributed by atoms with van der Waals surface area (Å²) in [5, 5.41) is 18.8. The minimum absolute atomic E-state index is 0.277. The van der Waals surface area contributed by atoms with Gasteiger partial charge in [-0.2, -0.15) is 0 Å². The van der Waals surface area contributed by atoms with Gasteiger partial charge in [0.2, 0.25) is 0 Å². The number of hydrogen-bond donors (Lipinski definition) is 3. The second-order valence-corrected chi connectivity index (χ2v) is 6.89. The van der Waals surface area contributed by atoms with Crippen molar-refractivity contribution in [2.75, 3.05) is 5.32 Å². The highest BCUT2D eigenvalue weighted by molar-refractivity contribution is 7.13. The van der Waals surface area contributed by atoms with Gasteiger partial charge in [-0.3, -0.25) is 4.79 Å². The number of aromatic nitrogens is 1. The maximum atomic E-state index is 11.5. The molecule has 0 amide bonds. The fraction of sp³-hybridized carbons (Fsp3) is 0.200. The van der Waals surface area contributed by atoms with Crippen molar-refractivity contribution in [1.82, 2.24) is 10.3 Å². The lowest BCUT2D eigenvalue weighted by Crippen LogP contribution is -2.31. The van der Waals surface area contributed by atoms with E-state index in [1.807, 2.05) is 66.0 Å². The van der Waals surface area contributed by atoms with Crippen molar-refractivity contribution in [2.45, 2.75) is 19.5 Å². The van der Waals surface area contributed by atoms with Crippen LogP contribution in [0.15, 0.2) is 66.0 Å². The third-order valence-corrected chi connectivity index (χ3v) is 4.93. The topological polar surface area (TPSA) is 74.2 Å². The largest absolute Gasteiger partial charge is 0.481 e. The van der Waals surface area contributed by atoms with Crippen molar-refractivity contribution in [2.24, 2.45) is 5.92 Å². The molecule has 2 atom stereocenters. The molecule has 3 aromatic rings. The molecule has 134 valence electrons. The van der Waals surface area contributed by atoms with Gasteiger partial charge in [-0.15, -0.1) is 11.3 Å². The molecule has 0 aliphatic heterocycles. The number of carboxylic acid groups (broad SMARTS) is 1. The summed E-state index contributed by atoms with van der Waals surface area (Å²) < 4.78 is 0. The Bertz CT molecular complexity index is 837. The molecular formula is C20H21N3O2S. The van der Waals surface area contributed by atoms with Gasteiger partial charge in [0.1, 0.15) is 0 Å². The molecule has 1 heterocycles. The van der Waals surface area contributed by atoms with Crippen molar-refractivity contribution in [3.8, 4) is 0 Å². The van der Waals surface area contributed by atoms with E-state index in [1.54, 1.807) is 6.92 Å². The first-order valence-electron chi connectivity index (χ1n) is 8.41. The molecule has 0 aliphatic carbocycles. The Morgan fingerprint density at radius 1 is 1.12 bits per heavy atom. The monoisotopic (exact) mass is 367 g/mol. The summed E-state index contributed by atoms with van der Waals surface area (Å²) in [6.07, 6.45) is 0. The number of para-hydroxylation sites is 1. The van der Waals surface area contributed by atoms with Crippen LogP contribution in [0.5, 0.6) is 0 Å². The number of carboxylic acids is 1. The molecule has 2 aromatic carbocycles. The second kappa shape index (κ2) is 8.60. The Balaban J connectivity index is 1.67. The summed E-state index contributed by atoms with van der Waals surface area (Å²) in [5.41, 5.74) is 2.83. The third kappa shape index (κ3) is 4.68. The summed E-state index contributed by atoms with van der Waals surface area (Å²) in [5.74, 6) is -1.37. The van der Waals surface area contributed by atoms with E-state index < -0.39 is 11.9 Å². The Kier molecular flexibility index (Phi) is 5.99. The van der Waals surface area contributed by atoms with Crippen LogP contribution in [0.3, 0.4) is 0 Å². The maximum Gasteiger partial charge on any atom is 0.308 e. The van der Waals surface area contributed by atoms with Crippen LogP contribution < -0.4 is 10.6 Å². The summed E-state index contributed by atoms with van der Waals surface area (Å²) in [7, 11) is 0. The smallest absolute Gasteiger partial charge is 0.308 e. The third-order valence-electron chi connectivity index (χ3n) is 4.13. The predicted octanol–water partition coefficient (Wildman–Crippen LogP) is 4.44. The number of nitrogens with one attached hydrogen (secondary N) is 2. The van der Waals surface area contributed by atoms with Gasteiger partial charge in [-0.05, 0) is 17.7 Å². The van der Waals surface area contributed by atoms with E-state index in [0.717, 1.165) is 22.1 Å². The van der Waals surface area contributed by atoms with Crippen LogP contribution in [0.1, 0.15) is 24.2 Å². The molecule has 0 radical (unpaired) electrons. The molecule has 0 spiro atoms. The number of hydrogen-bond acceptors (Lipinski definition) is 5. The molecule has 0 fully saturated rings. The first-order valence-corrected chi connectivity index (χ1v) is 9.29. The zero-order valence-electron chi connectivity index (χ0n) is 14.4. The summed E-state index contributed by atoms with van der Waals surface area (Å²) in [6, 6.07) is 19.3. The Morgan fingerprint density at radius 2 is 1.77 bits per heavy atom. The molecule has 5 nitrogen and oxygen atoms in total. The van der Waals surface area contributed by atoms with E-state index in [1.165, 1.54) is 11.3 Å². The molecule has 3 rings (SSSR count). The lowest BCUT2D eigenvalue weighted by atomic mass is 9.94. The fourth-order valence-electron chi connectivity index (χ4n) is 2.69. The number of aliphatic carboxylic acids is 1. The average Bonchev–Trinajstić information content (AvgIpc) is 3.10. The van der Waals surface area contributed by atoms with Crippen molar-refractivity contribution in [3.05, 3.63) is 77.3 Å². The molecular weight excluding hydrogens is 346 g/mol. The zero-order valence-corrected chi connectivity index (χ0v) is 15.2. The van der Waals surface area contributed by atoms with Crippen LogP contribution in [-0.2, 0) is 11.3 Å². The van der Waals surface area contributed by atoms with Crippen molar-refractivity contribution >= 4 is 28.1 Å². The number of carbonyl (C=O) groups is 1. The molecule has 1 aromatic heterocycles. The molecule has 2 unspecified atom stereocenters. The van der Waals surface area contributed by atoms with Gasteiger partial charge in [-0.1, -0.05) is 55.5 Å². The summed E-state index contributed by atoms with van der Waals surface area (Å²) in [6.45, 7) is 2.22. The quantitative estimate of drug-likeness (QED) is 0.549. The van der Waals surface area contributed by atoms with Crippen molar-refractivity contribution < 1.29 is 9.90 Å². The van der Waals surface area contributed by atoms with Gasteiger partial charge in [0.25, 0.3) is 0 Å². The van der Waals surface area contributed by atoms with E-state index in [0.29, 0.717) is 6.54 Å². The van der Waals surface area contributed by atoms with Gasteiger partial charge >= 0.3 is 5.97 Å². The van der Waals surface area contributed by atoms with Gasteiger partial charge < -0.3 is 15.7 Å². The number of nitrogens with zero attached hydrogens (tertiary/aromatic N) is 1.